The average Bonchev–Trinajstić information content (AvgIpc) is 2.62. The number of alkyl halides is 1. The molecule has 0 spiro atoms. The monoisotopic (exact) mass is 212 g/mol. The van der Waals surface area contributed by atoms with Crippen LogP contribution in [0, 0.1) is 0 Å². The zero-order valence-corrected chi connectivity index (χ0v) is 9.08. The van der Waals surface area contributed by atoms with Gasteiger partial charge in [0.25, 0.3) is 0 Å². The summed E-state index contributed by atoms with van der Waals surface area (Å²) in [5.74, 6) is -0.0796. The van der Waals surface area contributed by atoms with E-state index in [0.29, 0.717) is 12.1 Å². The second-order valence-electron chi connectivity index (χ2n) is 3.29. The summed E-state index contributed by atoms with van der Waals surface area (Å²) in [6.07, 6.45) is 5.30. The highest BCUT2D eigenvalue weighted by atomic mass is 35.5. The molecule has 0 radical (unpaired) electrons. The molecule has 1 heterocycles. The summed E-state index contributed by atoms with van der Waals surface area (Å²) in [6, 6.07) is 0. The molecule has 0 N–H and O–H groups in total. The third kappa shape index (κ3) is 3.00. The van der Waals surface area contributed by atoms with Gasteiger partial charge in [0.15, 0.2) is 5.78 Å². The summed E-state index contributed by atoms with van der Waals surface area (Å²) < 4.78 is 1.72. The minimum atomic E-state index is -0.0879. The lowest BCUT2D eigenvalue weighted by Gasteiger charge is -1.95. The molecule has 1 aromatic rings. The normalized spacial score (nSPS) is 9.93. The summed E-state index contributed by atoms with van der Waals surface area (Å²) in [5.41, 5.74) is 1.80. The molecule has 0 saturated carbocycles. The second-order valence-corrected chi connectivity index (χ2v) is 3.56. The Morgan fingerprint density at radius 3 is 2.93 bits per heavy atom. The Balaban J connectivity index is 2.69. The van der Waals surface area contributed by atoms with Crippen molar-refractivity contribution in [3.8, 4) is 0 Å². The molecule has 0 fully saturated rings. The van der Waals surface area contributed by atoms with Crippen molar-refractivity contribution in [2.45, 2.75) is 20.4 Å². The van der Waals surface area contributed by atoms with E-state index in [9.17, 15) is 4.79 Å². The quantitative estimate of drug-likeness (QED) is 0.436. The van der Waals surface area contributed by atoms with Gasteiger partial charge in [-0.15, -0.1) is 11.6 Å². The van der Waals surface area contributed by atoms with Crippen LogP contribution < -0.4 is 0 Å². The fourth-order valence-corrected chi connectivity index (χ4v) is 1.11. The maximum atomic E-state index is 11.2. The van der Waals surface area contributed by atoms with Crippen LogP contribution in [0.2, 0.25) is 0 Å². The van der Waals surface area contributed by atoms with Crippen molar-refractivity contribution < 1.29 is 4.79 Å². The molecule has 0 atom stereocenters. The van der Waals surface area contributed by atoms with Gasteiger partial charge in [-0.3, -0.25) is 9.48 Å². The van der Waals surface area contributed by atoms with Gasteiger partial charge < -0.3 is 0 Å². The number of hydrogen-bond donors (Lipinski definition) is 0. The number of allylic oxidation sites excluding steroid dienone is 2. The van der Waals surface area contributed by atoms with Crippen molar-refractivity contribution in [1.82, 2.24) is 9.78 Å². The van der Waals surface area contributed by atoms with Crippen LogP contribution in [0.4, 0.5) is 0 Å². The van der Waals surface area contributed by atoms with E-state index >= 15 is 0 Å². The first-order valence-electron chi connectivity index (χ1n) is 4.38. The lowest BCUT2D eigenvalue weighted by molar-refractivity contribution is 0.102. The molecule has 0 bridgehead atoms. The van der Waals surface area contributed by atoms with Crippen molar-refractivity contribution in [1.29, 1.82) is 0 Å². The fraction of sp³-hybridized carbons (Fsp3) is 0.400. The highest BCUT2D eigenvalue weighted by Crippen LogP contribution is 2.01. The van der Waals surface area contributed by atoms with Gasteiger partial charge in [-0.2, -0.15) is 5.10 Å². The van der Waals surface area contributed by atoms with Gasteiger partial charge in [-0.25, -0.2) is 0 Å². The lowest BCUT2D eigenvalue weighted by Crippen LogP contribution is -1.99. The Kier molecular flexibility index (Phi) is 3.89. The number of nitrogens with zero attached hydrogens (tertiary/aromatic N) is 2. The van der Waals surface area contributed by atoms with E-state index in [1.807, 2.05) is 19.9 Å². The van der Waals surface area contributed by atoms with Crippen LogP contribution in [0.3, 0.4) is 0 Å². The van der Waals surface area contributed by atoms with E-state index in [0.717, 1.165) is 0 Å². The number of carbonyl (C=O) groups excluding carboxylic acids is 1. The Labute approximate surface area is 88.4 Å². The van der Waals surface area contributed by atoms with E-state index in [1.165, 1.54) is 5.57 Å². The predicted molar refractivity (Wildman–Crippen MR) is 56.7 cm³/mol. The highest BCUT2D eigenvalue weighted by molar-refractivity contribution is 6.30. The zero-order valence-electron chi connectivity index (χ0n) is 8.33. The average molecular weight is 213 g/mol. The van der Waals surface area contributed by atoms with Crippen molar-refractivity contribution in [2.75, 3.05) is 5.88 Å². The van der Waals surface area contributed by atoms with Crippen LogP contribution in [0.15, 0.2) is 24.0 Å². The van der Waals surface area contributed by atoms with E-state index in [2.05, 4.69) is 5.10 Å². The predicted octanol–water partition coefficient (Wildman–Crippen LogP) is 2.27. The molecule has 3 nitrogen and oxygen atoms in total. The van der Waals surface area contributed by atoms with Crippen LogP contribution in [0.25, 0.3) is 0 Å². The molecule has 0 aliphatic carbocycles. The number of carbonyl (C=O) groups is 1. The van der Waals surface area contributed by atoms with Gasteiger partial charge in [0.1, 0.15) is 0 Å². The molecular formula is C10H13ClN2O. The highest BCUT2D eigenvalue weighted by Gasteiger charge is 2.05. The number of rotatable bonds is 4. The number of Topliss-reactive ketones (excluding diaryl/α,β-unsaturated/α-hetero) is 1. The smallest absolute Gasteiger partial charge is 0.180 e. The third-order valence-corrected chi connectivity index (χ3v) is 2.01. The molecule has 4 heteroatoms. The summed E-state index contributed by atoms with van der Waals surface area (Å²) in [7, 11) is 0. The summed E-state index contributed by atoms with van der Waals surface area (Å²) in [5, 5.41) is 4.05. The van der Waals surface area contributed by atoms with Crippen molar-refractivity contribution in [2.24, 2.45) is 0 Å². The molecular weight excluding hydrogens is 200 g/mol. The molecule has 1 rings (SSSR count). The number of ketones is 1. The van der Waals surface area contributed by atoms with Gasteiger partial charge in [-0.05, 0) is 13.8 Å². The summed E-state index contributed by atoms with van der Waals surface area (Å²) in [4.78, 5) is 11.2. The van der Waals surface area contributed by atoms with Crippen LogP contribution in [-0.2, 0) is 6.54 Å². The van der Waals surface area contributed by atoms with Gasteiger partial charge >= 0.3 is 0 Å². The Bertz CT molecular complexity index is 351. The maximum Gasteiger partial charge on any atom is 0.180 e. The molecule has 0 aliphatic heterocycles. The first-order chi connectivity index (χ1) is 6.63. The van der Waals surface area contributed by atoms with E-state index in [-0.39, 0.29) is 11.7 Å². The number of aromatic nitrogens is 2. The minimum Gasteiger partial charge on any atom is -0.293 e. The standard InChI is InChI=1S/C10H13ClN2O/c1-8(2)3-4-13-7-9(6-12-13)10(14)5-11/h3,6-7H,4-5H2,1-2H3. The maximum absolute atomic E-state index is 11.2. The van der Waals surface area contributed by atoms with Crippen molar-refractivity contribution >= 4 is 17.4 Å². The zero-order chi connectivity index (χ0) is 10.6. The van der Waals surface area contributed by atoms with E-state index in [1.54, 1.807) is 17.1 Å². The number of halogens is 1. The van der Waals surface area contributed by atoms with Crippen molar-refractivity contribution in [3.05, 3.63) is 29.6 Å². The van der Waals surface area contributed by atoms with Crippen LogP contribution in [0.1, 0.15) is 24.2 Å². The molecule has 14 heavy (non-hydrogen) atoms. The first kappa shape index (κ1) is 11.0. The van der Waals surface area contributed by atoms with Crippen LogP contribution in [0.5, 0.6) is 0 Å². The van der Waals surface area contributed by atoms with E-state index < -0.39 is 0 Å². The largest absolute Gasteiger partial charge is 0.293 e. The Hall–Kier alpha value is -1.09. The summed E-state index contributed by atoms with van der Waals surface area (Å²) >= 11 is 5.42. The molecule has 0 unspecified atom stereocenters. The fourth-order valence-electron chi connectivity index (χ4n) is 0.961. The van der Waals surface area contributed by atoms with Crippen LogP contribution in [-0.4, -0.2) is 21.4 Å². The van der Waals surface area contributed by atoms with Crippen molar-refractivity contribution in [3.63, 3.8) is 0 Å². The van der Waals surface area contributed by atoms with Gasteiger partial charge in [-0.1, -0.05) is 11.6 Å². The molecule has 0 amide bonds. The minimum absolute atomic E-state index is 0.00827. The lowest BCUT2D eigenvalue weighted by atomic mass is 10.3. The third-order valence-electron chi connectivity index (χ3n) is 1.76. The molecule has 0 aromatic carbocycles. The molecule has 0 saturated heterocycles. The molecule has 1 aromatic heterocycles. The second kappa shape index (κ2) is 4.96. The summed E-state index contributed by atoms with van der Waals surface area (Å²) in [6.45, 7) is 4.74. The van der Waals surface area contributed by atoms with Crippen LogP contribution >= 0.6 is 11.6 Å². The van der Waals surface area contributed by atoms with Gasteiger partial charge in [0.2, 0.25) is 0 Å². The Morgan fingerprint density at radius 2 is 2.36 bits per heavy atom. The van der Waals surface area contributed by atoms with E-state index in [4.69, 9.17) is 11.6 Å². The molecule has 76 valence electrons. The molecule has 0 aliphatic rings. The van der Waals surface area contributed by atoms with Gasteiger partial charge in [0, 0.05) is 6.20 Å². The number of hydrogen-bond acceptors (Lipinski definition) is 2. The Morgan fingerprint density at radius 1 is 1.64 bits per heavy atom. The van der Waals surface area contributed by atoms with Gasteiger partial charge in [0.05, 0.1) is 24.2 Å². The topological polar surface area (TPSA) is 34.9 Å². The first-order valence-corrected chi connectivity index (χ1v) is 4.92. The SMILES string of the molecule is CC(C)=CCn1cc(C(=O)CCl)cn1.